The maximum absolute atomic E-state index is 12.7. The van der Waals surface area contributed by atoms with Crippen LogP contribution in [0.1, 0.15) is 38.3 Å². The van der Waals surface area contributed by atoms with Crippen LogP contribution in [0.25, 0.3) is 0 Å². The third kappa shape index (κ3) is 3.73. The minimum Gasteiger partial charge on any atom is -0.317 e. The maximum Gasteiger partial charge on any atom is 0.416 e. The topological polar surface area (TPSA) is 12.0 Å². The van der Waals surface area contributed by atoms with Crippen LogP contribution in [0.2, 0.25) is 0 Å². The molecule has 1 atom stereocenters. The molecule has 1 rings (SSSR count). The number of benzene rings is 1. The number of halogens is 3. The zero-order valence-electron chi connectivity index (χ0n) is 11.2. The molecule has 0 saturated carbocycles. The average molecular weight is 259 g/mol. The molecule has 1 unspecified atom stereocenters. The van der Waals surface area contributed by atoms with Gasteiger partial charge in [0.1, 0.15) is 0 Å². The van der Waals surface area contributed by atoms with Crippen molar-refractivity contribution in [3.63, 3.8) is 0 Å². The summed E-state index contributed by atoms with van der Waals surface area (Å²) < 4.78 is 38.0. The summed E-state index contributed by atoms with van der Waals surface area (Å²) in [6.45, 7) is 5.96. The molecule has 4 heteroatoms. The fourth-order valence-electron chi connectivity index (χ4n) is 2.10. The first-order valence-electron chi connectivity index (χ1n) is 6.02. The van der Waals surface area contributed by atoms with Crippen molar-refractivity contribution < 1.29 is 13.2 Å². The van der Waals surface area contributed by atoms with Crippen LogP contribution in [0.5, 0.6) is 0 Å². The second-order valence-electron chi connectivity index (χ2n) is 5.36. The van der Waals surface area contributed by atoms with E-state index in [0.29, 0.717) is 0 Å². The Hall–Kier alpha value is -1.03. The Balaban J connectivity index is 3.02. The number of alkyl halides is 3. The fourth-order valence-corrected chi connectivity index (χ4v) is 2.10. The van der Waals surface area contributed by atoms with Gasteiger partial charge in [0.15, 0.2) is 0 Å². The quantitative estimate of drug-likeness (QED) is 0.862. The normalized spacial score (nSPS) is 14.6. The molecule has 0 amide bonds. The van der Waals surface area contributed by atoms with Crippen LogP contribution in [-0.2, 0) is 11.6 Å². The summed E-state index contributed by atoms with van der Waals surface area (Å²) in [5.41, 5.74) is -0.145. The Bertz CT molecular complexity index is 396. The first-order chi connectivity index (χ1) is 8.16. The third-order valence-corrected chi connectivity index (χ3v) is 3.28. The fraction of sp³-hybridized carbons (Fsp3) is 0.571. The minimum absolute atomic E-state index is 0.259. The third-order valence-electron chi connectivity index (χ3n) is 3.28. The van der Waals surface area contributed by atoms with Gasteiger partial charge >= 0.3 is 6.18 Å². The second-order valence-corrected chi connectivity index (χ2v) is 5.36. The minimum atomic E-state index is -4.28. The number of hydrogen-bond acceptors (Lipinski definition) is 1. The summed E-state index contributed by atoms with van der Waals surface area (Å²) >= 11 is 0. The Labute approximate surface area is 106 Å². The van der Waals surface area contributed by atoms with Gasteiger partial charge in [0.2, 0.25) is 0 Å². The lowest BCUT2D eigenvalue weighted by Gasteiger charge is -2.29. The van der Waals surface area contributed by atoms with Crippen molar-refractivity contribution in [2.75, 3.05) is 7.05 Å². The molecule has 0 radical (unpaired) electrons. The SMILES string of the molecule is CNC(C)CC(C)(C)c1cccc(C(F)(F)F)c1. The highest BCUT2D eigenvalue weighted by Crippen LogP contribution is 2.34. The van der Waals surface area contributed by atoms with Crippen molar-refractivity contribution >= 4 is 0 Å². The largest absolute Gasteiger partial charge is 0.416 e. The van der Waals surface area contributed by atoms with Gasteiger partial charge in [-0.3, -0.25) is 0 Å². The molecule has 0 aliphatic carbocycles. The molecular weight excluding hydrogens is 239 g/mol. The summed E-state index contributed by atoms with van der Waals surface area (Å²) in [7, 11) is 1.85. The predicted octanol–water partition coefficient (Wildman–Crippen LogP) is 3.98. The summed E-state index contributed by atoms with van der Waals surface area (Å²) in [6, 6.07) is 5.86. The average Bonchev–Trinajstić information content (AvgIpc) is 2.27. The van der Waals surface area contributed by atoms with Crippen molar-refractivity contribution in [3.05, 3.63) is 35.4 Å². The van der Waals surface area contributed by atoms with Gasteiger partial charge in [-0.25, -0.2) is 0 Å². The van der Waals surface area contributed by atoms with E-state index in [2.05, 4.69) is 5.32 Å². The van der Waals surface area contributed by atoms with Gasteiger partial charge in [0, 0.05) is 6.04 Å². The highest BCUT2D eigenvalue weighted by Gasteiger charge is 2.32. The molecular formula is C14H20F3N. The molecule has 0 aromatic heterocycles. The van der Waals surface area contributed by atoms with E-state index < -0.39 is 11.7 Å². The molecule has 1 aromatic carbocycles. The Morgan fingerprint density at radius 3 is 2.22 bits per heavy atom. The van der Waals surface area contributed by atoms with Crippen molar-refractivity contribution in [3.8, 4) is 0 Å². The highest BCUT2D eigenvalue weighted by molar-refractivity contribution is 5.30. The van der Waals surface area contributed by atoms with Crippen LogP contribution in [0.3, 0.4) is 0 Å². The molecule has 0 bridgehead atoms. The zero-order valence-corrected chi connectivity index (χ0v) is 11.2. The van der Waals surface area contributed by atoms with E-state index in [-0.39, 0.29) is 11.5 Å². The van der Waals surface area contributed by atoms with Crippen LogP contribution in [0.4, 0.5) is 13.2 Å². The lowest BCUT2D eigenvalue weighted by Crippen LogP contribution is -2.31. The molecule has 1 aromatic rings. The molecule has 0 saturated heterocycles. The van der Waals surface area contributed by atoms with E-state index in [1.54, 1.807) is 6.07 Å². The van der Waals surface area contributed by atoms with Gasteiger partial charge in [-0.15, -0.1) is 0 Å². The number of rotatable bonds is 4. The van der Waals surface area contributed by atoms with Crippen LogP contribution < -0.4 is 5.32 Å². The standard InChI is InChI=1S/C14H20F3N/c1-10(18-4)9-13(2,3)11-6-5-7-12(8-11)14(15,16)17/h5-8,10,18H,9H2,1-4H3. The molecule has 1 nitrogen and oxygen atoms in total. The first-order valence-corrected chi connectivity index (χ1v) is 6.02. The number of hydrogen-bond donors (Lipinski definition) is 1. The van der Waals surface area contributed by atoms with Gasteiger partial charge in [-0.2, -0.15) is 13.2 Å². The molecule has 0 fully saturated rings. The van der Waals surface area contributed by atoms with E-state index in [9.17, 15) is 13.2 Å². The highest BCUT2D eigenvalue weighted by atomic mass is 19.4. The Morgan fingerprint density at radius 1 is 1.17 bits per heavy atom. The van der Waals surface area contributed by atoms with Gasteiger partial charge < -0.3 is 5.32 Å². The number of nitrogens with one attached hydrogen (secondary N) is 1. The van der Waals surface area contributed by atoms with Crippen molar-refractivity contribution in [2.24, 2.45) is 0 Å². The molecule has 1 N–H and O–H groups in total. The van der Waals surface area contributed by atoms with E-state index in [1.165, 1.54) is 12.1 Å². The first kappa shape index (κ1) is 15.0. The lowest BCUT2D eigenvalue weighted by molar-refractivity contribution is -0.137. The smallest absolute Gasteiger partial charge is 0.317 e. The zero-order chi connectivity index (χ0) is 14.0. The van der Waals surface area contributed by atoms with Gasteiger partial charge in [0.05, 0.1) is 5.56 Å². The van der Waals surface area contributed by atoms with Gasteiger partial charge in [-0.1, -0.05) is 32.0 Å². The van der Waals surface area contributed by atoms with Crippen molar-refractivity contribution in [1.29, 1.82) is 0 Å². The van der Waals surface area contributed by atoms with Crippen LogP contribution in [0.15, 0.2) is 24.3 Å². The lowest BCUT2D eigenvalue weighted by atomic mass is 9.79. The molecule has 0 aliphatic rings. The summed E-state index contributed by atoms with van der Waals surface area (Å²) in [5, 5.41) is 3.11. The maximum atomic E-state index is 12.7. The van der Waals surface area contributed by atoms with E-state index in [1.807, 2.05) is 27.8 Å². The van der Waals surface area contributed by atoms with Crippen molar-refractivity contribution in [2.45, 2.75) is 44.8 Å². The summed E-state index contributed by atoms with van der Waals surface area (Å²) in [6.07, 6.45) is -3.49. The van der Waals surface area contributed by atoms with Crippen LogP contribution >= 0.6 is 0 Å². The van der Waals surface area contributed by atoms with Crippen LogP contribution in [0, 0.1) is 0 Å². The monoisotopic (exact) mass is 259 g/mol. The molecule has 0 aliphatic heterocycles. The molecule has 102 valence electrons. The Kier molecular flexibility index (Phi) is 4.43. The summed E-state index contributed by atoms with van der Waals surface area (Å²) in [4.78, 5) is 0. The second kappa shape index (κ2) is 5.31. The predicted molar refractivity (Wildman–Crippen MR) is 67.6 cm³/mol. The summed E-state index contributed by atoms with van der Waals surface area (Å²) in [5.74, 6) is 0. The Morgan fingerprint density at radius 2 is 1.72 bits per heavy atom. The van der Waals surface area contributed by atoms with Crippen LogP contribution in [-0.4, -0.2) is 13.1 Å². The van der Waals surface area contributed by atoms with E-state index in [0.717, 1.165) is 18.1 Å². The van der Waals surface area contributed by atoms with Gasteiger partial charge in [0.25, 0.3) is 0 Å². The van der Waals surface area contributed by atoms with E-state index in [4.69, 9.17) is 0 Å². The van der Waals surface area contributed by atoms with Crippen molar-refractivity contribution in [1.82, 2.24) is 5.32 Å². The molecule has 0 spiro atoms. The van der Waals surface area contributed by atoms with E-state index >= 15 is 0 Å². The molecule has 18 heavy (non-hydrogen) atoms. The van der Waals surface area contributed by atoms with Gasteiger partial charge in [-0.05, 0) is 37.4 Å². The molecule has 0 heterocycles.